The minimum Gasteiger partial charge on any atom is -0.349 e. The Hall–Kier alpha value is -1.68. The minimum atomic E-state index is -3.36. The summed E-state index contributed by atoms with van der Waals surface area (Å²) < 4.78 is 28.5. The summed E-state index contributed by atoms with van der Waals surface area (Å²) in [7, 11) is -3.36. The summed E-state index contributed by atoms with van der Waals surface area (Å²) >= 11 is 6.31. The molecule has 4 aliphatic rings. The van der Waals surface area contributed by atoms with E-state index in [2.05, 4.69) is 10.6 Å². The molecule has 3 aliphatic heterocycles. The lowest BCUT2D eigenvalue weighted by Gasteiger charge is -2.41. The quantitative estimate of drug-likeness (QED) is 0.609. The minimum absolute atomic E-state index is 0.0723. The molecule has 174 valence electrons. The molecule has 1 aliphatic carbocycles. The number of hydrogen-bond acceptors (Lipinski definition) is 5. The molecule has 3 heterocycles. The topological polar surface area (TPSA) is 122 Å². The van der Waals surface area contributed by atoms with E-state index in [0.717, 1.165) is 31.2 Å². The predicted octanol–water partition coefficient (Wildman–Crippen LogP) is 2.16. The van der Waals surface area contributed by atoms with Crippen molar-refractivity contribution in [2.45, 2.75) is 87.2 Å². The van der Waals surface area contributed by atoms with E-state index in [4.69, 9.17) is 17.3 Å². The second-order valence-electron chi connectivity index (χ2n) is 9.65. The SMILES string of the molecule is NC1CCC(S(=O)(=O)N2[C@@H]3CC[C@H]2C[C@@H](NC(=O)c2cc4c(cc2Cl)NC(=O)C4)C3)CC1. The fourth-order valence-corrected chi connectivity index (χ4v) is 8.59. The summed E-state index contributed by atoms with van der Waals surface area (Å²) in [5.74, 6) is -0.391. The van der Waals surface area contributed by atoms with Gasteiger partial charge in [0.05, 0.1) is 22.3 Å². The number of benzene rings is 1. The highest BCUT2D eigenvalue weighted by Gasteiger charge is 2.49. The van der Waals surface area contributed by atoms with E-state index in [0.29, 0.717) is 42.0 Å². The van der Waals surface area contributed by atoms with Gasteiger partial charge in [0, 0.05) is 29.9 Å². The number of rotatable bonds is 4. The van der Waals surface area contributed by atoms with Crippen molar-refractivity contribution in [3.8, 4) is 0 Å². The van der Waals surface area contributed by atoms with E-state index < -0.39 is 10.0 Å². The Labute approximate surface area is 193 Å². The lowest BCUT2D eigenvalue weighted by molar-refractivity contribution is -0.115. The fourth-order valence-electron chi connectivity index (χ4n) is 5.91. The molecule has 0 unspecified atom stereocenters. The lowest BCUT2D eigenvalue weighted by Crippen LogP contribution is -2.55. The molecule has 4 N–H and O–H groups in total. The molecule has 3 fully saturated rings. The van der Waals surface area contributed by atoms with E-state index in [1.807, 2.05) is 0 Å². The maximum absolute atomic E-state index is 13.4. The van der Waals surface area contributed by atoms with Gasteiger partial charge in [-0.15, -0.1) is 0 Å². The normalized spacial score (nSPS) is 32.4. The van der Waals surface area contributed by atoms with Crippen LogP contribution in [0.4, 0.5) is 5.69 Å². The van der Waals surface area contributed by atoms with Crippen molar-refractivity contribution in [3.05, 3.63) is 28.3 Å². The van der Waals surface area contributed by atoms with Gasteiger partial charge in [-0.25, -0.2) is 8.42 Å². The molecule has 5 rings (SSSR count). The van der Waals surface area contributed by atoms with Crippen LogP contribution in [0.1, 0.15) is 67.3 Å². The van der Waals surface area contributed by atoms with Gasteiger partial charge in [0.2, 0.25) is 15.9 Å². The third-order valence-corrected chi connectivity index (χ3v) is 10.3. The van der Waals surface area contributed by atoms with Crippen molar-refractivity contribution in [2.24, 2.45) is 5.73 Å². The Balaban J connectivity index is 1.27. The van der Waals surface area contributed by atoms with E-state index in [1.54, 1.807) is 16.4 Å². The molecule has 1 aromatic rings. The summed E-state index contributed by atoms with van der Waals surface area (Å²) in [5.41, 5.74) is 7.73. The Kier molecular flexibility index (Phi) is 5.72. The molecule has 3 atom stereocenters. The smallest absolute Gasteiger partial charge is 0.253 e. The highest BCUT2D eigenvalue weighted by atomic mass is 35.5. The van der Waals surface area contributed by atoms with Crippen LogP contribution >= 0.6 is 11.6 Å². The maximum Gasteiger partial charge on any atom is 0.253 e. The van der Waals surface area contributed by atoms with Crippen LogP contribution in [-0.2, 0) is 21.2 Å². The number of anilines is 1. The Bertz CT molecular complexity index is 1040. The number of fused-ring (bicyclic) bond motifs is 3. The van der Waals surface area contributed by atoms with Crippen molar-refractivity contribution >= 4 is 39.1 Å². The number of halogens is 1. The lowest BCUT2D eigenvalue weighted by atomic mass is 9.96. The molecular weight excluding hydrogens is 452 g/mol. The van der Waals surface area contributed by atoms with E-state index in [1.165, 1.54) is 0 Å². The molecule has 0 spiro atoms. The highest BCUT2D eigenvalue weighted by molar-refractivity contribution is 7.89. The molecule has 0 radical (unpaired) electrons. The Morgan fingerprint density at radius 2 is 1.75 bits per heavy atom. The van der Waals surface area contributed by atoms with Gasteiger partial charge in [0.1, 0.15) is 0 Å². The monoisotopic (exact) mass is 480 g/mol. The number of carbonyl (C=O) groups is 2. The van der Waals surface area contributed by atoms with Crippen LogP contribution in [0, 0.1) is 0 Å². The predicted molar refractivity (Wildman–Crippen MR) is 122 cm³/mol. The number of piperidine rings is 1. The first kappa shape index (κ1) is 22.1. The largest absolute Gasteiger partial charge is 0.349 e. The van der Waals surface area contributed by atoms with Gasteiger partial charge in [-0.3, -0.25) is 9.59 Å². The highest BCUT2D eigenvalue weighted by Crippen LogP contribution is 2.41. The van der Waals surface area contributed by atoms with Crippen molar-refractivity contribution in [1.82, 2.24) is 9.62 Å². The zero-order chi connectivity index (χ0) is 22.6. The van der Waals surface area contributed by atoms with Gasteiger partial charge in [-0.1, -0.05) is 11.6 Å². The molecule has 0 aromatic heterocycles. The van der Waals surface area contributed by atoms with Gasteiger partial charge in [-0.2, -0.15) is 4.31 Å². The average Bonchev–Trinajstić information content (AvgIpc) is 3.23. The number of carbonyl (C=O) groups excluding carboxylic acids is 2. The molecule has 2 amide bonds. The van der Waals surface area contributed by atoms with Crippen molar-refractivity contribution in [3.63, 3.8) is 0 Å². The van der Waals surface area contributed by atoms with Crippen LogP contribution in [0.2, 0.25) is 5.02 Å². The zero-order valence-electron chi connectivity index (χ0n) is 17.8. The number of nitrogens with zero attached hydrogens (tertiary/aromatic N) is 1. The van der Waals surface area contributed by atoms with E-state index >= 15 is 0 Å². The second-order valence-corrected chi connectivity index (χ2v) is 12.2. The molecule has 32 heavy (non-hydrogen) atoms. The number of nitrogens with one attached hydrogen (secondary N) is 2. The number of hydrogen-bond donors (Lipinski definition) is 3. The van der Waals surface area contributed by atoms with Crippen LogP contribution in [0.15, 0.2) is 12.1 Å². The number of amides is 2. The number of nitrogens with two attached hydrogens (primary N) is 1. The summed E-state index contributed by atoms with van der Waals surface area (Å²) in [6, 6.07) is 3.15. The third-order valence-electron chi connectivity index (χ3n) is 7.50. The standard InChI is InChI=1S/C22H29ClN4O4S/c23-19-11-20-12(8-21(28)26-20)7-18(19)22(29)25-14-9-15-3-4-16(10-14)27(15)32(30,31)17-5-1-13(24)2-6-17/h7,11,13-17H,1-6,8-10,24H2,(H,25,29)(H,26,28)/t13?,14-,15+,16-,17?. The van der Waals surface area contributed by atoms with Crippen LogP contribution in [0.5, 0.6) is 0 Å². The number of sulfonamides is 1. The van der Waals surface area contributed by atoms with Gasteiger partial charge >= 0.3 is 0 Å². The van der Waals surface area contributed by atoms with Crippen LogP contribution in [-0.4, -0.2) is 54.0 Å². The molecule has 2 bridgehead atoms. The zero-order valence-corrected chi connectivity index (χ0v) is 19.4. The van der Waals surface area contributed by atoms with Crippen molar-refractivity contribution in [2.75, 3.05) is 5.32 Å². The second kappa shape index (κ2) is 8.27. The molecule has 2 saturated heterocycles. The van der Waals surface area contributed by atoms with Gasteiger partial charge in [0.25, 0.3) is 5.91 Å². The third kappa shape index (κ3) is 3.93. The van der Waals surface area contributed by atoms with Crippen molar-refractivity contribution in [1.29, 1.82) is 0 Å². The van der Waals surface area contributed by atoms with Crippen LogP contribution in [0.25, 0.3) is 0 Å². The Morgan fingerprint density at radius 3 is 2.41 bits per heavy atom. The van der Waals surface area contributed by atoms with Crippen LogP contribution in [0.3, 0.4) is 0 Å². The van der Waals surface area contributed by atoms with Gasteiger partial charge in [0.15, 0.2) is 0 Å². The molecule has 8 nitrogen and oxygen atoms in total. The first-order valence-corrected chi connectivity index (χ1v) is 13.3. The average molecular weight is 481 g/mol. The fraction of sp³-hybridized carbons (Fsp3) is 0.636. The summed E-state index contributed by atoms with van der Waals surface area (Å²) in [4.78, 5) is 24.6. The maximum atomic E-state index is 13.4. The van der Waals surface area contributed by atoms with Gasteiger partial charge < -0.3 is 16.4 Å². The summed E-state index contributed by atoms with van der Waals surface area (Å²) in [6.45, 7) is 0. The van der Waals surface area contributed by atoms with E-state index in [-0.39, 0.29) is 47.7 Å². The van der Waals surface area contributed by atoms with E-state index in [9.17, 15) is 18.0 Å². The summed E-state index contributed by atoms with van der Waals surface area (Å²) in [5, 5.41) is 5.76. The molecule has 1 saturated carbocycles. The first-order valence-electron chi connectivity index (χ1n) is 11.4. The molecule has 1 aromatic carbocycles. The first-order chi connectivity index (χ1) is 15.2. The van der Waals surface area contributed by atoms with Crippen molar-refractivity contribution < 1.29 is 18.0 Å². The van der Waals surface area contributed by atoms with Crippen LogP contribution < -0.4 is 16.4 Å². The summed E-state index contributed by atoms with van der Waals surface area (Å²) in [6.07, 6.45) is 5.89. The molecule has 10 heteroatoms. The van der Waals surface area contributed by atoms with Gasteiger partial charge in [-0.05, 0) is 69.1 Å². The Morgan fingerprint density at radius 1 is 1.09 bits per heavy atom. The molecular formula is C22H29ClN4O4S.